The lowest BCUT2D eigenvalue weighted by Crippen LogP contribution is -2.61. The zero-order valence-corrected chi connectivity index (χ0v) is 28.2. The number of rotatable bonds is 18. The van der Waals surface area contributed by atoms with Crippen molar-refractivity contribution < 1.29 is 63.4 Å². The Bertz CT molecular complexity index is 1460. The van der Waals surface area contributed by atoms with E-state index in [1.54, 1.807) is 32.1 Å². The van der Waals surface area contributed by atoms with Crippen LogP contribution in [0.4, 0.5) is 5.69 Å². The molecule has 4 amide bonds. The Morgan fingerprint density at radius 2 is 1.66 bits per heavy atom. The van der Waals surface area contributed by atoms with Crippen molar-refractivity contribution in [3.63, 3.8) is 0 Å². The molecule has 16 nitrogen and oxygen atoms in total. The van der Waals surface area contributed by atoms with Crippen molar-refractivity contribution in [1.82, 2.24) is 10.2 Å². The van der Waals surface area contributed by atoms with E-state index in [2.05, 4.69) is 10.6 Å². The first-order chi connectivity index (χ1) is 23.6. The Labute approximate surface area is 289 Å². The number of aliphatic hydroxyl groups excluding tert-OH is 3. The molecule has 1 aromatic carbocycles. The number of carboxylic acids is 1. The van der Waals surface area contributed by atoms with Gasteiger partial charge in [0.25, 0.3) is 11.8 Å². The molecule has 2 heterocycles. The summed E-state index contributed by atoms with van der Waals surface area (Å²) in [5, 5.41) is 45.3. The van der Waals surface area contributed by atoms with Gasteiger partial charge < -0.3 is 45.3 Å². The summed E-state index contributed by atoms with van der Waals surface area (Å²) < 4.78 is 16.2. The van der Waals surface area contributed by atoms with Crippen molar-refractivity contribution in [2.24, 2.45) is 5.41 Å². The van der Waals surface area contributed by atoms with Crippen LogP contribution in [-0.2, 0) is 38.2 Å². The van der Waals surface area contributed by atoms with Crippen LogP contribution >= 0.6 is 0 Å². The summed E-state index contributed by atoms with van der Waals surface area (Å²) in [7, 11) is 0. The molecule has 2 aliphatic heterocycles. The second kappa shape index (κ2) is 18.4. The number of aliphatic carboxylic acids is 1. The van der Waals surface area contributed by atoms with Gasteiger partial charge in [-0.2, -0.15) is 0 Å². The minimum Gasteiger partial charge on any atom is -0.479 e. The van der Waals surface area contributed by atoms with Crippen molar-refractivity contribution in [3.05, 3.63) is 42.0 Å². The van der Waals surface area contributed by atoms with Crippen LogP contribution in [-0.4, -0.2) is 111 Å². The van der Waals surface area contributed by atoms with Gasteiger partial charge in [-0.1, -0.05) is 25.5 Å². The summed E-state index contributed by atoms with van der Waals surface area (Å²) in [6.07, 6.45) is -1.37. The summed E-state index contributed by atoms with van der Waals surface area (Å²) in [6.45, 7) is 5.67. The number of hydrogen-bond donors (Lipinski definition) is 6. The summed E-state index contributed by atoms with van der Waals surface area (Å²) >= 11 is 0. The Morgan fingerprint density at radius 3 is 2.32 bits per heavy atom. The fourth-order valence-corrected chi connectivity index (χ4v) is 4.77. The predicted octanol–water partition coefficient (Wildman–Crippen LogP) is 0.880. The van der Waals surface area contributed by atoms with Crippen LogP contribution in [0.5, 0.6) is 5.75 Å². The molecular weight excluding hydrogens is 658 g/mol. The van der Waals surface area contributed by atoms with Crippen molar-refractivity contribution in [3.8, 4) is 5.75 Å². The first kappa shape index (κ1) is 39.8. The lowest BCUT2D eigenvalue weighted by Gasteiger charge is -2.38. The number of esters is 1. The van der Waals surface area contributed by atoms with Gasteiger partial charge >= 0.3 is 11.9 Å². The van der Waals surface area contributed by atoms with Gasteiger partial charge in [-0.05, 0) is 56.9 Å². The Balaban J connectivity index is 1.59. The van der Waals surface area contributed by atoms with Gasteiger partial charge in [-0.25, -0.2) is 4.79 Å². The highest BCUT2D eigenvalue weighted by Crippen LogP contribution is 2.31. The quantitative estimate of drug-likeness (QED) is 0.0708. The van der Waals surface area contributed by atoms with Gasteiger partial charge in [-0.15, -0.1) is 0 Å². The lowest BCUT2D eigenvalue weighted by molar-refractivity contribution is -0.271. The van der Waals surface area contributed by atoms with E-state index >= 15 is 0 Å². The number of carbonyl (C=O) groups excluding carboxylic acids is 5. The van der Waals surface area contributed by atoms with Gasteiger partial charge in [0, 0.05) is 38.1 Å². The standard InChI is InChI=1S/C34H45N3O13/c1-4-34(2,3)33(47)48-18-8-9-20-11-12-22(49-32-29(44)27(42)28(43)30(50-32)31(45)46)21(19-20)36-24(39)15-16-35-23(38)10-6-5-7-17-37-25(40)13-14-26(37)41/h8-9,11-14,19,27-30,32,42-44H,4-7,10,15-18H2,1-3H3,(H,35,38)(H,36,39)(H,45,46)/b9-8+/t27-,28-,29+,30-,32+/m0/s1. The number of aliphatic hydroxyl groups is 3. The zero-order chi connectivity index (χ0) is 37.0. The van der Waals surface area contributed by atoms with E-state index < -0.39 is 48.0 Å². The third-order valence-corrected chi connectivity index (χ3v) is 8.25. The van der Waals surface area contributed by atoms with Crippen LogP contribution in [0, 0.1) is 5.41 Å². The molecule has 3 rings (SSSR count). The highest BCUT2D eigenvalue weighted by molar-refractivity contribution is 6.12. The second-order valence-corrected chi connectivity index (χ2v) is 12.5. The molecule has 0 saturated carbocycles. The van der Waals surface area contributed by atoms with Crippen LogP contribution in [0.3, 0.4) is 0 Å². The monoisotopic (exact) mass is 703 g/mol. The number of hydrogen-bond acceptors (Lipinski definition) is 12. The van der Waals surface area contributed by atoms with Crippen molar-refractivity contribution in [2.75, 3.05) is 25.0 Å². The number of nitrogens with one attached hydrogen (secondary N) is 2. The zero-order valence-electron chi connectivity index (χ0n) is 28.2. The topological polar surface area (TPSA) is 238 Å². The average Bonchev–Trinajstić information content (AvgIpc) is 3.39. The molecular formula is C34H45N3O13. The number of carbonyl (C=O) groups is 6. The molecule has 0 spiro atoms. The van der Waals surface area contributed by atoms with Crippen LogP contribution in [0.25, 0.3) is 6.08 Å². The maximum absolute atomic E-state index is 12.9. The van der Waals surface area contributed by atoms with E-state index in [1.165, 1.54) is 24.3 Å². The van der Waals surface area contributed by atoms with Gasteiger partial charge in [0.05, 0.1) is 11.1 Å². The van der Waals surface area contributed by atoms with E-state index in [1.807, 2.05) is 6.92 Å². The highest BCUT2D eigenvalue weighted by atomic mass is 16.7. The summed E-state index contributed by atoms with van der Waals surface area (Å²) in [5.41, 5.74) is -0.0403. The fraction of sp³-hybridized carbons (Fsp3) is 0.529. The van der Waals surface area contributed by atoms with Crippen LogP contribution < -0.4 is 15.4 Å². The largest absolute Gasteiger partial charge is 0.479 e. The fourth-order valence-electron chi connectivity index (χ4n) is 4.77. The molecule has 0 radical (unpaired) electrons. The van der Waals surface area contributed by atoms with E-state index in [9.17, 15) is 49.2 Å². The van der Waals surface area contributed by atoms with E-state index in [0.717, 1.165) is 4.90 Å². The molecule has 0 aliphatic carbocycles. The van der Waals surface area contributed by atoms with Gasteiger partial charge in [0.1, 0.15) is 30.7 Å². The number of imide groups is 1. The Kier molecular flexibility index (Phi) is 14.6. The highest BCUT2D eigenvalue weighted by Gasteiger charge is 2.48. The lowest BCUT2D eigenvalue weighted by atomic mass is 9.91. The third-order valence-electron chi connectivity index (χ3n) is 8.25. The predicted molar refractivity (Wildman–Crippen MR) is 176 cm³/mol. The van der Waals surface area contributed by atoms with Crippen LogP contribution in [0.2, 0.25) is 0 Å². The molecule has 5 atom stereocenters. The van der Waals surface area contributed by atoms with Gasteiger partial charge in [-0.3, -0.25) is 28.9 Å². The Morgan fingerprint density at radius 1 is 0.960 bits per heavy atom. The van der Waals surface area contributed by atoms with Crippen molar-refractivity contribution >= 4 is 47.3 Å². The van der Waals surface area contributed by atoms with Crippen LogP contribution in [0.15, 0.2) is 36.4 Å². The number of nitrogens with zero attached hydrogens (tertiary/aromatic N) is 1. The molecule has 50 heavy (non-hydrogen) atoms. The Hall–Kier alpha value is -4.64. The number of anilines is 1. The van der Waals surface area contributed by atoms with E-state index in [4.69, 9.17) is 14.2 Å². The second-order valence-electron chi connectivity index (χ2n) is 12.5. The first-order valence-corrected chi connectivity index (χ1v) is 16.3. The maximum Gasteiger partial charge on any atom is 0.335 e. The molecule has 274 valence electrons. The minimum absolute atomic E-state index is 0.00278. The normalized spacial score (nSPS) is 22.1. The van der Waals surface area contributed by atoms with Crippen LogP contribution in [0.1, 0.15) is 64.9 Å². The van der Waals surface area contributed by atoms with Crippen molar-refractivity contribution in [2.45, 2.75) is 90.0 Å². The van der Waals surface area contributed by atoms with Gasteiger partial charge in [0.2, 0.25) is 18.1 Å². The third kappa shape index (κ3) is 11.2. The average molecular weight is 704 g/mol. The minimum atomic E-state index is -1.93. The molecule has 0 unspecified atom stereocenters. The first-order valence-electron chi connectivity index (χ1n) is 16.3. The molecule has 16 heteroatoms. The van der Waals surface area contributed by atoms with Crippen molar-refractivity contribution in [1.29, 1.82) is 0 Å². The number of carboxylic acid groups (broad SMARTS) is 1. The number of unbranched alkanes of at least 4 members (excludes halogenated alkanes) is 2. The molecule has 1 fully saturated rings. The maximum atomic E-state index is 12.9. The molecule has 1 aromatic rings. The molecule has 2 aliphatic rings. The number of benzene rings is 1. The molecule has 0 bridgehead atoms. The summed E-state index contributed by atoms with van der Waals surface area (Å²) in [4.78, 5) is 73.3. The SMILES string of the molecule is CCC(C)(C)C(=O)OC/C=C/c1ccc(O[C@@H]2O[C@H](C(=O)O)[C@@H](O)[C@H](O)[C@H]2O)c(NC(=O)CCNC(=O)CCCCCN2C(=O)C=CC2=O)c1. The number of ether oxygens (including phenoxy) is 3. The van der Waals surface area contributed by atoms with Gasteiger partial charge in [0.15, 0.2) is 6.10 Å². The molecule has 6 N–H and O–H groups in total. The van der Waals surface area contributed by atoms with E-state index in [-0.39, 0.29) is 67.7 Å². The smallest absolute Gasteiger partial charge is 0.335 e. The summed E-state index contributed by atoms with van der Waals surface area (Å²) in [5.74, 6) is -3.56. The summed E-state index contributed by atoms with van der Waals surface area (Å²) in [6, 6.07) is 4.46. The molecule has 1 saturated heterocycles. The van der Waals surface area contributed by atoms with E-state index in [0.29, 0.717) is 31.2 Å². The number of amides is 4. The molecule has 0 aromatic heterocycles.